The normalized spacial score (nSPS) is 18.8. The second-order valence-electron chi connectivity index (χ2n) is 6.29. The highest BCUT2D eigenvalue weighted by atomic mass is 19.1. The predicted molar refractivity (Wildman–Crippen MR) is 87.0 cm³/mol. The number of aromatic carboxylic acids is 1. The standard InChI is InChI=1S/C17H16F2N2O4/c18-3-5-20-7-11(17(23)24)15(22)10-6-12(19)14-16(13(10)20)25-8-9-2-1-4-21(9)14/h6-7,9H,1-5,8H2,(H,23,24)/t9-/m0/s1. The molecule has 0 aliphatic carbocycles. The van der Waals surface area contributed by atoms with Gasteiger partial charge >= 0.3 is 5.97 Å². The van der Waals surface area contributed by atoms with Gasteiger partial charge in [0.05, 0.1) is 23.5 Å². The SMILES string of the molecule is O=C(O)c1cn(CCF)c2c3c(c(F)cc2c1=O)N1CCC[C@H]1CO3. The molecular formula is C17H16F2N2O4. The lowest BCUT2D eigenvalue weighted by Crippen LogP contribution is -2.39. The highest BCUT2D eigenvalue weighted by molar-refractivity contribution is 5.97. The minimum Gasteiger partial charge on any atom is -0.487 e. The first-order valence-corrected chi connectivity index (χ1v) is 8.11. The van der Waals surface area contributed by atoms with Crippen molar-refractivity contribution in [3.05, 3.63) is 33.9 Å². The Balaban J connectivity index is 2.08. The zero-order valence-corrected chi connectivity index (χ0v) is 13.3. The quantitative estimate of drug-likeness (QED) is 0.919. The maximum Gasteiger partial charge on any atom is 0.341 e. The third-order valence-corrected chi connectivity index (χ3v) is 4.88. The van der Waals surface area contributed by atoms with Crippen LogP contribution in [0.15, 0.2) is 17.1 Å². The smallest absolute Gasteiger partial charge is 0.341 e. The van der Waals surface area contributed by atoms with Crippen molar-refractivity contribution in [1.29, 1.82) is 0 Å². The van der Waals surface area contributed by atoms with Crippen LogP contribution in [0.4, 0.5) is 14.5 Å². The number of hydrogen-bond acceptors (Lipinski definition) is 4. The van der Waals surface area contributed by atoms with E-state index >= 15 is 0 Å². The van der Waals surface area contributed by atoms with Crippen molar-refractivity contribution in [3.63, 3.8) is 0 Å². The maximum atomic E-state index is 14.8. The van der Waals surface area contributed by atoms with E-state index in [2.05, 4.69) is 0 Å². The molecule has 2 aliphatic rings. The summed E-state index contributed by atoms with van der Waals surface area (Å²) in [6, 6.07) is 1.13. The Morgan fingerprint density at radius 1 is 1.44 bits per heavy atom. The Morgan fingerprint density at radius 3 is 2.96 bits per heavy atom. The summed E-state index contributed by atoms with van der Waals surface area (Å²) < 4.78 is 34.9. The summed E-state index contributed by atoms with van der Waals surface area (Å²) >= 11 is 0. The topological polar surface area (TPSA) is 71.8 Å². The minimum absolute atomic E-state index is 0.0825. The number of alkyl halides is 1. The van der Waals surface area contributed by atoms with Gasteiger partial charge in [0.1, 0.15) is 24.5 Å². The molecule has 1 atom stereocenters. The number of halogens is 2. The Hall–Kier alpha value is -2.64. The molecule has 1 aromatic carbocycles. The molecule has 6 nitrogen and oxygen atoms in total. The fourth-order valence-corrected chi connectivity index (χ4v) is 3.80. The number of carboxylic acids is 1. The Labute approximate surface area is 141 Å². The van der Waals surface area contributed by atoms with Crippen molar-refractivity contribution < 1.29 is 23.4 Å². The number of ether oxygens (including phenoxy) is 1. The molecule has 2 aliphatic heterocycles. The summed E-state index contributed by atoms with van der Waals surface area (Å²) in [5.41, 5.74) is -0.799. The molecule has 0 spiro atoms. The third kappa shape index (κ3) is 2.27. The molecular weight excluding hydrogens is 334 g/mol. The van der Waals surface area contributed by atoms with Crippen LogP contribution < -0.4 is 15.1 Å². The molecule has 4 rings (SSSR count). The Morgan fingerprint density at radius 2 is 2.24 bits per heavy atom. The highest BCUT2D eigenvalue weighted by Gasteiger charge is 2.36. The number of rotatable bonds is 3. The molecule has 8 heteroatoms. The number of fused-ring (bicyclic) bond motifs is 5. The van der Waals surface area contributed by atoms with Gasteiger partial charge in [-0.15, -0.1) is 0 Å². The predicted octanol–water partition coefficient (Wildman–Crippen LogP) is 2.17. The van der Waals surface area contributed by atoms with Crippen molar-refractivity contribution in [2.45, 2.75) is 25.4 Å². The van der Waals surface area contributed by atoms with Crippen LogP contribution in [0.3, 0.4) is 0 Å². The van der Waals surface area contributed by atoms with E-state index in [-0.39, 0.29) is 34.9 Å². The molecule has 1 aromatic heterocycles. The molecule has 25 heavy (non-hydrogen) atoms. The average Bonchev–Trinajstić information content (AvgIpc) is 3.05. The summed E-state index contributed by atoms with van der Waals surface area (Å²) in [4.78, 5) is 25.7. The van der Waals surface area contributed by atoms with Crippen LogP contribution in [0.5, 0.6) is 5.75 Å². The molecule has 1 saturated heterocycles. The number of aromatic nitrogens is 1. The van der Waals surface area contributed by atoms with Gasteiger partial charge in [0.25, 0.3) is 0 Å². The van der Waals surface area contributed by atoms with Gasteiger partial charge in [0.2, 0.25) is 5.43 Å². The monoisotopic (exact) mass is 350 g/mol. The van der Waals surface area contributed by atoms with Crippen LogP contribution in [-0.4, -0.2) is 41.5 Å². The number of carboxylic acid groups (broad SMARTS) is 1. The van der Waals surface area contributed by atoms with E-state index in [0.29, 0.717) is 13.2 Å². The number of nitrogens with zero attached hydrogens (tertiary/aromatic N) is 2. The Bertz CT molecular complexity index is 941. The van der Waals surface area contributed by atoms with Crippen LogP contribution in [-0.2, 0) is 6.54 Å². The van der Waals surface area contributed by atoms with Crippen molar-refractivity contribution in [2.75, 3.05) is 24.7 Å². The molecule has 0 saturated carbocycles. The molecule has 0 amide bonds. The third-order valence-electron chi connectivity index (χ3n) is 4.88. The fourth-order valence-electron chi connectivity index (χ4n) is 3.80. The summed E-state index contributed by atoms with van der Waals surface area (Å²) in [5, 5.41) is 9.10. The summed E-state index contributed by atoms with van der Waals surface area (Å²) in [6.07, 6.45) is 2.91. The molecule has 0 radical (unpaired) electrons. The van der Waals surface area contributed by atoms with Crippen LogP contribution in [0.1, 0.15) is 23.2 Å². The summed E-state index contributed by atoms with van der Waals surface area (Å²) in [7, 11) is 0. The lowest BCUT2D eigenvalue weighted by atomic mass is 10.1. The fraction of sp³-hybridized carbons (Fsp3) is 0.412. The minimum atomic E-state index is -1.43. The zero-order chi connectivity index (χ0) is 17.7. The van der Waals surface area contributed by atoms with Crippen LogP contribution in [0.25, 0.3) is 10.9 Å². The van der Waals surface area contributed by atoms with E-state index in [1.807, 2.05) is 4.90 Å². The second-order valence-corrected chi connectivity index (χ2v) is 6.29. The van der Waals surface area contributed by atoms with E-state index in [1.54, 1.807) is 0 Å². The number of benzene rings is 1. The molecule has 3 heterocycles. The lowest BCUT2D eigenvalue weighted by molar-refractivity contribution is 0.0694. The van der Waals surface area contributed by atoms with Gasteiger partial charge in [-0.05, 0) is 18.9 Å². The van der Waals surface area contributed by atoms with E-state index in [9.17, 15) is 23.5 Å². The molecule has 1 fully saturated rings. The van der Waals surface area contributed by atoms with Crippen LogP contribution >= 0.6 is 0 Å². The lowest BCUT2D eigenvalue weighted by Gasteiger charge is -2.34. The first-order chi connectivity index (χ1) is 12.0. The van der Waals surface area contributed by atoms with Gasteiger partial charge in [-0.2, -0.15) is 0 Å². The summed E-state index contributed by atoms with van der Waals surface area (Å²) in [6.45, 7) is 0.136. The number of anilines is 1. The van der Waals surface area contributed by atoms with Gasteiger partial charge in [0, 0.05) is 12.7 Å². The Kier molecular flexibility index (Phi) is 3.63. The van der Waals surface area contributed by atoms with Crippen molar-refractivity contribution >= 4 is 22.6 Å². The van der Waals surface area contributed by atoms with Crippen molar-refractivity contribution in [2.24, 2.45) is 0 Å². The van der Waals surface area contributed by atoms with Gasteiger partial charge in [-0.25, -0.2) is 13.6 Å². The first kappa shape index (κ1) is 15.9. The second kappa shape index (κ2) is 5.72. The molecule has 0 unspecified atom stereocenters. The molecule has 2 aromatic rings. The number of aryl methyl sites for hydroxylation is 1. The van der Waals surface area contributed by atoms with Crippen molar-refractivity contribution in [3.8, 4) is 5.75 Å². The van der Waals surface area contributed by atoms with Gasteiger partial charge in [-0.3, -0.25) is 4.79 Å². The number of hydrogen-bond donors (Lipinski definition) is 1. The first-order valence-electron chi connectivity index (χ1n) is 8.11. The number of pyridine rings is 1. The summed E-state index contributed by atoms with van der Waals surface area (Å²) in [5.74, 6) is -1.87. The van der Waals surface area contributed by atoms with Gasteiger partial charge < -0.3 is 19.3 Å². The van der Waals surface area contributed by atoms with Crippen LogP contribution in [0, 0.1) is 5.82 Å². The average molecular weight is 350 g/mol. The van der Waals surface area contributed by atoms with Gasteiger partial charge in [-0.1, -0.05) is 0 Å². The van der Waals surface area contributed by atoms with Crippen molar-refractivity contribution in [1.82, 2.24) is 4.57 Å². The zero-order valence-electron chi connectivity index (χ0n) is 13.3. The number of carbonyl (C=O) groups is 1. The van der Waals surface area contributed by atoms with Crippen LogP contribution in [0.2, 0.25) is 0 Å². The van der Waals surface area contributed by atoms with E-state index < -0.39 is 29.5 Å². The van der Waals surface area contributed by atoms with Gasteiger partial charge in [0.15, 0.2) is 11.6 Å². The molecule has 132 valence electrons. The maximum absolute atomic E-state index is 14.8. The van der Waals surface area contributed by atoms with E-state index in [4.69, 9.17) is 4.74 Å². The molecule has 1 N–H and O–H groups in total. The van der Waals surface area contributed by atoms with E-state index in [0.717, 1.165) is 25.1 Å². The largest absolute Gasteiger partial charge is 0.487 e. The molecule has 0 bridgehead atoms. The van der Waals surface area contributed by atoms with E-state index in [1.165, 1.54) is 4.57 Å². The highest BCUT2D eigenvalue weighted by Crippen LogP contribution is 2.44.